The van der Waals surface area contributed by atoms with Gasteiger partial charge in [-0.05, 0) is 41.3 Å². The van der Waals surface area contributed by atoms with Crippen LogP contribution < -0.4 is 11.1 Å². The molecule has 156 valence electrons. The molecule has 1 aromatic heterocycles. The van der Waals surface area contributed by atoms with E-state index in [0.29, 0.717) is 18.2 Å². The number of hydrogen-bond acceptors (Lipinski definition) is 6. The Morgan fingerprint density at radius 1 is 1.00 bits per heavy atom. The highest BCUT2D eigenvalue weighted by Gasteiger charge is 2.12. The van der Waals surface area contributed by atoms with E-state index in [1.54, 1.807) is 0 Å². The standard InChI is InChI=1S/C24H23N5O2/c1-15(19-12-11-17-4-2-3-5-20(17)14-19)26-24-28-22(27-23(25)29-24)18-9-6-16(7-10-18)8-13-21(30)31/h2-7,9-12,14-15H,8,13H2,1H3,(H,30,31)(H3,25,26,27,28,29)/t15-/m1/s1. The number of carboxylic acids is 1. The van der Waals surface area contributed by atoms with Crippen LogP contribution in [0.1, 0.15) is 30.5 Å². The van der Waals surface area contributed by atoms with Gasteiger partial charge >= 0.3 is 5.97 Å². The third-order valence-electron chi connectivity index (χ3n) is 5.11. The van der Waals surface area contributed by atoms with Gasteiger partial charge in [-0.15, -0.1) is 0 Å². The zero-order valence-electron chi connectivity index (χ0n) is 17.1. The summed E-state index contributed by atoms with van der Waals surface area (Å²) in [6.07, 6.45) is 0.573. The van der Waals surface area contributed by atoms with Crippen LogP contribution in [-0.4, -0.2) is 26.0 Å². The van der Waals surface area contributed by atoms with E-state index in [2.05, 4.69) is 50.6 Å². The third-order valence-corrected chi connectivity index (χ3v) is 5.11. The smallest absolute Gasteiger partial charge is 0.303 e. The Bertz CT molecular complexity index is 1220. The summed E-state index contributed by atoms with van der Waals surface area (Å²) in [5.41, 5.74) is 8.77. The van der Waals surface area contributed by atoms with Gasteiger partial charge < -0.3 is 16.2 Å². The van der Waals surface area contributed by atoms with Crippen LogP contribution in [0.5, 0.6) is 0 Å². The zero-order chi connectivity index (χ0) is 21.8. The number of carbonyl (C=O) groups is 1. The Kier molecular flexibility index (Phi) is 5.75. The van der Waals surface area contributed by atoms with Crippen LogP contribution in [0.3, 0.4) is 0 Å². The Balaban J connectivity index is 1.53. The summed E-state index contributed by atoms with van der Waals surface area (Å²) >= 11 is 0. The Hall–Kier alpha value is -4.00. The van der Waals surface area contributed by atoms with Crippen molar-refractivity contribution in [1.82, 2.24) is 15.0 Å². The van der Waals surface area contributed by atoms with Gasteiger partial charge in [-0.3, -0.25) is 4.79 Å². The summed E-state index contributed by atoms with van der Waals surface area (Å²) < 4.78 is 0. The molecule has 0 amide bonds. The number of aliphatic carboxylic acids is 1. The van der Waals surface area contributed by atoms with Gasteiger partial charge in [0.1, 0.15) is 0 Å². The number of aromatic nitrogens is 3. The second-order valence-corrected chi connectivity index (χ2v) is 7.40. The van der Waals surface area contributed by atoms with Gasteiger partial charge in [0, 0.05) is 12.0 Å². The molecule has 4 aromatic rings. The highest BCUT2D eigenvalue weighted by atomic mass is 16.4. The Labute approximate surface area is 180 Å². The van der Waals surface area contributed by atoms with Crippen molar-refractivity contribution in [2.75, 3.05) is 11.1 Å². The first kappa shape index (κ1) is 20.3. The summed E-state index contributed by atoms with van der Waals surface area (Å²) in [6, 6.07) is 22.0. The lowest BCUT2D eigenvalue weighted by Crippen LogP contribution is -2.12. The molecule has 0 fully saturated rings. The second-order valence-electron chi connectivity index (χ2n) is 7.40. The number of fused-ring (bicyclic) bond motifs is 1. The second kappa shape index (κ2) is 8.79. The first-order valence-corrected chi connectivity index (χ1v) is 10.1. The summed E-state index contributed by atoms with van der Waals surface area (Å²) in [5, 5.41) is 14.5. The molecule has 31 heavy (non-hydrogen) atoms. The SMILES string of the molecule is C[C@@H](Nc1nc(N)nc(-c2ccc(CCC(=O)O)cc2)n1)c1ccc2ccccc2c1. The minimum atomic E-state index is -0.814. The van der Waals surface area contributed by atoms with E-state index in [1.807, 2.05) is 43.3 Å². The lowest BCUT2D eigenvalue weighted by atomic mass is 10.0. The number of carboxylic acid groups (broad SMARTS) is 1. The number of nitrogens with two attached hydrogens (primary N) is 1. The molecule has 0 bridgehead atoms. The van der Waals surface area contributed by atoms with Crippen molar-refractivity contribution in [2.24, 2.45) is 0 Å². The third kappa shape index (κ3) is 4.95. The van der Waals surface area contributed by atoms with E-state index in [-0.39, 0.29) is 18.4 Å². The minimum Gasteiger partial charge on any atom is -0.481 e. The van der Waals surface area contributed by atoms with E-state index < -0.39 is 5.97 Å². The number of hydrogen-bond donors (Lipinski definition) is 3. The summed E-state index contributed by atoms with van der Waals surface area (Å²) in [5.74, 6) is 0.183. The molecule has 1 atom stereocenters. The summed E-state index contributed by atoms with van der Waals surface area (Å²) in [6.45, 7) is 2.04. The Morgan fingerprint density at radius 2 is 1.74 bits per heavy atom. The minimum absolute atomic E-state index is 0.0300. The lowest BCUT2D eigenvalue weighted by molar-refractivity contribution is -0.136. The monoisotopic (exact) mass is 413 g/mol. The van der Waals surface area contributed by atoms with Crippen molar-refractivity contribution in [3.63, 3.8) is 0 Å². The molecule has 0 aliphatic rings. The van der Waals surface area contributed by atoms with Gasteiger partial charge in [-0.1, -0.05) is 60.7 Å². The van der Waals surface area contributed by atoms with Gasteiger partial charge in [0.25, 0.3) is 0 Å². The number of rotatable bonds is 7. The Morgan fingerprint density at radius 3 is 2.48 bits per heavy atom. The maximum atomic E-state index is 10.7. The van der Waals surface area contributed by atoms with Crippen molar-refractivity contribution in [3.05, 3.63) is 77.9 Å². The molecule has 0 aliphatic carbocycles. The van der Waals surface area contributed by atoms with Crippen LogP contribution >= 0.6 is 0 Å². The van der Waals surface area contributed by atoms with Crippen LogP contribution in [0.15, 0.2) is 66.7 Å². The number of nitrogens with one attached hydrogen (secondary N) is 1. The lowest BCUT2D eigenvalue weighted by Gasteiger charge is -2.15. The van der Waals surface area contributed by atoms with Crippen molar-refractivity contribution < 1.29 is 9.90 Å². The van der Waals surface area contributed by atoms with Crippen molar-refractivity contribution in [3.8, 4) is 11.4 Å². The zero-order valence-corrected chi connectivity index (χ0v) is 17.1. The van der Waals surface area contributed by atoms with E-state index in [4.69, 9.17) is 10.8 Å². The maximum Gasteiger partial charge on any atom is 0.303 e. The van der Waals surface area contributed by atoms with Gasteiger partial charge in [0.15, 0.2) is 5.82 Å². The van der Waals surface area contributed by atoms with Crippen LogP contribution in [0.25, 0.3) is 22.2 Å². The number of benzene rings is 3. The molecule has 4 N–H and O–H groups in total. The van der Waals surface area contributed by atoms with Crippen LogP contribution in [-0.2, 0) is 11.2 Å². The molecule has 0 saturated heterocycles. The molecule has 3 aromatic carbocycles. The topological polar surface area (TPSA) is 114 Å². The van der Waals surface area contributed by atoms with Crippen LogP contribution in [0.2, 0.25) is 0 Å². The van der Waals surface area contributed by atoms with E-state index in [9.17, 15) is 4.79 Å². The molecule has 0 saturated carbocycles. The fraction of sp³-hybridized carbons (Fsp3) is 0.167. The molecule has 1 heterocycles. The summed E-state index contributed by atoms with van der Waals surface area (Å²) in [4.78, 5) is 23.8. The van der Waals surface area contributed by atoms with Crippen molar-refractivity contribution in [2.45, 2.75) is 25.8 Å². The first-order chi connectivity index (χ1) is 15.0. The quantitative estimate of drug-likeness (QED) is 0.410. The largest absolute Gasteiger partial charge is 0.481 e. The fourth-order valence-corrected chi connectivity index (χ4v) is 3.41. The van der Waals surface area contributed by atoms with E-state index >= 15 is 0 Å². The molecular weight excluding hydrogens is 390 g/mol. The fourth-order valence-electron chi connectivity index (χ4n) is 3.41. The number of anilines is 2. The average Bonchev–Trinajstić information content (AvgIpc) is 2.77. The molecule has 7 nitrogen and oxygen atoms in total. The van der Waals surface area contributed by atoms with Crippen LogP contribution in [0, 0.1) is 0 Å². The molecule has 0 radical (unpaired) electrons. The predicted molar refractivity (Wildman–Crippen MR) is 122 cm³/mol. The van der Waals surface area contributed by atoms with Crippen molar-refractivity contribution >= 4 is 28.6 Å². The number of nitrogen functional groups attached to an aromatic ring is 1. The molecule has 0 unspecified atom stereocenters. The highest BCUT2D eigenvalue weighted by Crippen LogP contribution is 2.24. The van der Waals surface area contributed by atoms with Gasteiger partial charge in [0.05, 0.1) is 6.04 Å². The molecule has 0 spiro atoms. The predicted octanol–water partition coefficient (Wildman–Crippen LogP) is 4.46. The van der Waals surface area contributed by atoms with Crippen LogP contribution in [0.4, 0.5) is 11.9 Å². The van der Waals surface area contributed by atoms with Gasteiger partial charge in [-0.2, -0.15) is 15.0 Å². The number of nitrogens with zero attached hydrogens (tertiary/aromatic N) is 3. The van der Waals surface area contributed by atoms with Crippen molar-refractivity contribution in [1.29, 1.82) is 0 Å². The highest BCUT2D eigenvalue weighted by molar-refractivity contribution is 5.83. The van der Waals surface area contributed by atoms with E-state index in [0.717, 1.165) is 16.7 Å². The molecular formula is C24H23N5O2. The maximum absolute atomic E-state index is 10.7. The average molecular weight is 413 g/mol. The summed E-state index contributed by atoms with van der Waals surface area (Å²) in [7, 11) is 0. The first-order valence-electron chi connectivity index (χ1n) is 10.1. The molecule has 0 aliphatic heterocycles. The number of aryl methyl sites for hydroxylation is 1. The van der Waals surface area contributed by atoms with E-state index in [1.165, 1.54) is 10.8 Å². The molecule has 4 rings (SSSR count). The van der Waals surface area contributed by atoms with Gasteiger partial charge in [-0.25, -0.2) is 0 Å². The normalized spacial score (nSPS) is 11.9. The molecule has 7 heteroatoms. The van der Waals surface area contributed by atoms with Gasteiger partial charge in [0.2, 0.25) is 11.9 Å².